The Labute approximate surface area is 198 Å². The van der Waals surface area contributed by atoms with Gasteiger partial charge in [0.05, 0.1) is 11.6 Å². The maximum absolute atomic E-state index is 14.0. The lowest BCUT2D eigenvalue weighted by Gasteiger charge is -2.45. The van der Waals surface area contributed by atoms with Crippen molar-refractivity contribution in [1.29, 1.82) is 0 Å². The highest BCUT2D eigenvalue weighted by Crippen LogP contribution is 2.42. The number of ether oxygens (including phenoxy) is 1. The summed E-state index contributed by atoms with van der Waals surface area (Å²) < 4.78 is 20.0. The van der Waals surface area contributed by atoms with Crippen LogP contribution in [-0.2, 0) is 10.3 Å². The van der Waals surface area contributed by atoms with Gasteiger partial charge >= 0.3 is 6.09 Å². The molecule has 1 saturated heterocycles. The van der Waals surface area contributed by atoms with Crippen LogP contribution < -0.4 is 5.56 Å². The number of amides is 1. The Morgan fingerprint density at radius 1 is 1.12 bits per heavy atom. The predicted molar refractivity (Wildman–Crippen MR) is 128 cm³/mol. The average Bonchev–Trinajstić information content (AvgIpc) is 2.78. The number of rotatable bonds is 6. The molecular formula is C27H29FN2O4. The Balaban J connectivity index is 1.56. The number of H-pyrrole nitrogens is 1. The van der Waals surface area contributed by atoms with Gasteiger partial charge in [0.15, 0.2) is 0 Å². The van der Waals surface area contributed by atoms with Crippen LogP contribution >= 0.6 is 0 Å². The van der Waals surface area contributed by atoms with Gasteiger partial charge in [-0.2, -0.15) is 0 Å². The molecule has 0 bridgehead atoms. The van der Waals surface area contributed by atoms with Crippen LogP contribution in [0.4, 0.5) is 9.18 Å². The van der Waals surface area contributed by atoms with Crippen LogP contribution in [0.1, 0.15) is 50.8 Å². The number of aliphatic hydroxyl groups is 1. The highest BCUT2D eigenvalue weighted by Gasteiger charge is 2.46. The zero-order chi connectivity index (χ0) is 24.5. The van der Waals surface area contributed by atoms with Crippen LogP contribution in [0.25, 0.3) is 11.1 Å². The topological polar surface area (TPSA) is 82.6 Å². The Morgan fingerprint density at radius 2 is 1.85 bits per heavy atom. The lowest BCUT2D eigenvalue weighted by molar-refractivity contribution is -0.101. The first kappa shape index (κ1) is 23.7. The zero-order valence-electron chi connectivity index (χ0n) is 19.5. The number of carbonyl (C=O) groups excluding carboxylic acids is 1. The largest absolute Gasteiger partial charge is 0.438 e. The van der Waals surface area contributed by atoms with Gasteiger partial charge in [-0.3, -0.25) is 4.79 Å². The first-order valence-corrected chi connectivity index (χ1v) is 11.3. The third kappa shape index (κ3) is 5.04. The number of aromatic amines is 1. The summed E-state index contributed by atoms with van der Waals surface area (Å²) in [7, 11) is 0. The lowest BCUT2D eigenvalue weighted by Crippen LogP contribution is -2.51. The van der Waals surface area contributed by atoms with Gasteiger partial charge in [-0.05, 0) is 61.2 Å². The van der Waals surface area contributed by atoms with E-state index in [1.165, 1.54) is 18.2 Å². The molecule has 2 N–H and O–H groups in total. The van der Waals surface area contributed by atoms with Crippen molar-refractivity contribution in [2.75, 3.05) is 6.54 Å². The lowest BCUT2D eigenvalue weighted by atomic mass is 9.80. The van der Waals surface area contributed by atoms with Gasteiger partial charge < -0.3 is 19.7 Å². The highest BCUT2D eigenvalue weighted by atomic mass is 19.1. The molecule has 0 saturated carbocycles. The molecule has 7 heteroatoms. The minimum atomic E-state index is -1.12. The van der Waals surface area contributed by atoms with E-state index in [9.17, 15) is 19.1 Å². The number of halogens is 1. The molecule has 2 unspecified atom stereocenters. The molecule has 1 amide bonds. The van der Waals surface area contributed by atoms with Crippen molar-refractivity contribution in [3.05, 3.63) is 94.2 Å². The first-order chi connectivity index (χ1) is 16.1. The normalized spacial score (nSPS) is 19.6. The van der Waals surface area contributed by atoms with Gasteiger partial charge in [0.2, 0.25) is 5.56 Å². The van der Waals surface area contributed by atoms with E-state index in [2.05, 4.69) is 4.98 Å². The number of hydrogen-bond acceptors (Lipinski definition) is 4. The molecule has 2 aromatic carbocycles. The zero-order valence-corrected chi connectivity index (χ0v) is 19.5. The number of hydrogen-bond donors (Lipinski definition) is 2. The number of nitrogens with one attached hydrogen (secondary N) is 1. The van der Waals surface area contributed by atoms with E-state index < -0.39 is 23.1 Å². The molecule has 0 radical (unpaired) electrons. The van der Waals surface area contributed by atoms with Crippen LogP contribution in [0, 0.1) is 5.82 Å². The maximum Gasteiger partial charge on any atom is 0.411 e. The van der Waals surface area contributed by atoms with Crippen LogP contribution in [0.3, 0.4) is 0 Å². The van der Waals surface area contributed by atoms with Crippen LogP contribution in [-0.4, -0.2) is 33.2 Å². The second-order valence-electron chi connectivity index (χ2n) is 9.54. The number of carbonyl (C=O) groups is 1. The second-order valence-corrected chi connectivity index (χ2v) is 9.54. The van der Waals surface area contributed by atoms with Crippen LogP contribution in [0.5, 0.6) is 0 Å². The van der Waals surface area contributed by atoms with Crippen molar-refractivity contribution >= 4 is 6.09 Å². The molecule has 0 spiro atoms. The van der Waals surface area contributed by atoms with E-state index in [0.717, 1.165) is 16.7 Å². The van der Waals surface area contributed by atoms with Gasteiger partial charge in [0.1, 0.15) is 11.4 Å². The third-order valence-corrected chi connectivity index (χ3v) is 6.31. The molecule has 178 valence electrons. The fourth-order valence-corrected chi connectivity index (χ4v) is 4.68. The fourth-order valence-electron chi connectivity index (χ4n) is 4.68. The van der Waals surface area contributed by atoms with Crippen molar-refractivity contribution in [2.45, 2.75) is 50.9 Å². The monoisotopic (exact) mass is 464 g/mol. The Kier molecular flexibility index (Phi) is 6.32. The molecule has 3 aromatic rings. The molecule has 6 nitrogen and oxygen atoms in total. The van der Waals surface area contributed by atoms with E-state index in [-0.39, 0.29) is 18.0 Å². The van der Waals surface area contributed by atoms with E-state index in [0.29, 0.717) is 18.5 Å². The molecule has 2 heterocycles. The number of aromatic nitrogens is 1. The SMILES string of the molecule is CC(c1ccc(-c2cc[nH]c(=O)c2)cc1)N1CCC(CC(C)(C)O)(c2cccc(F)c2)OC1=O. The Hall–Kier alpha value is -3.45. The molecule has 0 aliphatic carbocycles. The van der Waals surface area contributed by atoms with E-state index in [1.807, 2.05) is 37.3 Å². The quantitative estimate of drug-likeness (QED) is 0.529. The molecule has 1 aliphatic heterocycles. The molecular weight excluding hydrogens is 435 g/mol. The van der Waals surface area contributed by atoms with Crippen LogP contribution in [0.2, 0.25) is 0 Å². The molecule has 34 heavy (non-hydrogen) atoms. The van der Waals surface area contributed by atoms with Gasteiger partial charge in [0, 0.05) is 31.6 Å². The van der Waals surface area contributed by atoms with Crippen LogP contribution in [0.15, 0.2) is 71.7 Å². The van der Waals surface area contributed by atoms with Crippen molar-refractivity contribution in [3.63, 3.8) is 0 Å². The van der Waals surface area contributed by atoms with E-state index in [4.69, 9.17) is 4.74 Å². The number of benzene rings is 2. The highest BCUT2D eigenvalue weighted by molar-refractivity contribution is 5.70. The standard InChI is InChI=1S/C27H29FN2O4/c1-18(19-7-9-20(10-8-19)21-11-13-29-24(31)15-21)30-14-12-27(34-25(30)32,17-26(2,3)33)22-5-4-6-23(28)16-22/h4-11,13,15-16,18,33H,12,14,17H2,1-3H3,(H,29,31). The molecule has 4 rings (SSSR count). The van der Waals surface area contributed by atoms with Gasteiger partial charge in [0.25, 0.3) is 0 Å². The van der Waals surface area contributed by atoms with Gasteiger partial charge in [-0.25, -0.2) is 9.18 Å². The summed E-state index contributed by atoms with van der Waals surface area (Å²) >= 11 is 0. The second kappa shape index (κ2) is 9.06. The van der Waals surface area contributed by atoms with Gasteiger partial charge in [-0.1, -0.05) is 36.4 Å². The summed E-state index contributed by atoms with van der Waals surface area (Å²) in [4.78, 5) is 29.0. The fraction of sp³-hybridized carbons (Fsp3) is 0.333. The number of nitrogens with zero attached hydrogens (tertiary/aromatic N) is 1. The predicted octanol–water partition coefficient (Wildman–Crippen LogP) is 5.14. The van der Waals surface area contributed by atoms with E-state index in [1.54, 1.807) is 37.1 Å². The summed E-state index contributed by atoms with van der Waals surface area (Å²) in [6.45, 7) is 5.62. The Bertz CT molecular complexity index is 1230. The molecule has 1 aliphatic rings. The summed E-state index contributed by atoms with van der Waals surface area (Å²) in [5.41, 5.74) is 0.778. The van der Waals surface area contributed by atoms with Crippen molar-refractivity contribution < 1.29 is 19.0 Å². The van der Waals surface area contributed by atoms with E-state index >= 15 is 0 Å². The summed E-state index contributed by atoms with van der Waals surface area (Å²) in [5, 5.41) is 10.5. The summed E-state index contributed by atoms with van der Waals surface area (Å²) in [6.07, 6.45) is 1.67. The number of cyclic esters (lactones) is 1. The van der Waals surface area contributed by atoms with Crippen molar-refractivity contribution in [2.24, 2.45) is 0 Å². The summed E-state index contributed by atoms with van der Waals surface area (Å²) in [6, 6.07) is 16.8. The molecule has 1 aromatic heterocycles. The Morgan fingerprint density at radius 3 is 2.47 bits per heavy atom. The molecule has 2 atom stereocenters. The average molecular weight is 465 g/mol. The summed E-state index contributed by atoms with van der Waals surface area (Å²) in [5.74, 6) is -0.417. The minimum Gasteiger partial charge on any atom is -0.438 e. The number of pyridine rings is 1. The van der Waals surface area contributed by atoms with Crippen molar-refractivity contribution in [3.8, 4) is 11.1 Å². The first-order valence-electron chi connectivity index (χ1n) is 11.3. The minimum absolute atomic E-state index is 0.155. The third-order valence-electron chi connectivity index (χ3n) is 6.31. The van der Waals surface area contributed by atoms with Gasteiger partial charge in [-0.15, -0.1) is 0 Å². The maximum atomic E-state index is 14.0. The van der Waals surface area contributed by atoms with Crippen molar-refractivity contribution in [1.82, 2.24) is 9.88 Å². The smallest absolute Gasteiger partial charge is 0.411 e. The molecule has 1 fully saturated rings.